The quantitative estimate of drug-likeness (QED) is 0.693. The van der Waals surface area contributed by atoms with Gasteiger partial charge in [0.1, 0.15) is 11.3 Å². The van der Waals surface area contributed by atoms with Crippen LogP contribution < -0.4 is 4.90 Å². The van der Waals surface area contributed by atoms with Gasteiger partial charge in [0.25, 0.3) is 5.91 Å². The first-order valence-corrected chi connectivity index (χ1v) is 9.06. The number of amides is 1. The minimum absolute atomic E-state index is 0.00401. The molecule has 1 unspecified atom stereocenters. The molecule has 4 nitrogen and oxygen atoms in total. The van der Waals surface area contributed by atoms with E-state index in [1.165, 1.54) is 5.56 Å². The van der Waals surface area contributed by atoms with Crippen molar-refractivity contribution in [2.75, 3.05) is 4.90 Å². The molecule has 3 heterocycles. The molecule has 1 aromatic carbocycles. The summed E-state index contributed by atoms with van der Waals surface area (Å²) in [6, 6.07) is 11.9. The van der Waals surface area contributed by atoms with Crippen molar-refractivity contribution in [2.45, 2.75) is 39.2 Å². The molecule has 2 aromatic heterocycles. The van der Waals surface area contributed by atoms with E-state index in [0.717, 1.165) is 36.3 Å². The fourth-order valence-electron chi connectivity index (χ4n) is 3.69. The number of hydrogen-bond acceptors (Lipinski definition) is 2. The van der Waals surface area contributed by atoms with Crippen LogP contribution in [-0.2, 0) is 12.8 Å². The Bertz CT molecular complexity index is 963. The third-order valence-corrected chi connectivity index (χ3v) is 4.99. The number of hydrogen-bond donors (Lipinski definition) is 0. The van der Waals surface area contributed by atoms with Crippen LogP contribution >= 0.6 is 11.6 Å². The normalized spacial score (nSPS) is 16.4. The minimum atomic E-state index is -0.00401. The number of aryl methyl sites for hydroxylation is 1. The van der Waals surface area contributed by atoms with Gasteiger partial charge < -0.3 is 4.90 Å². The van der Waals surface area contributed by atoms with Crippen molar-refractivity contribution in [1.82, 2.24) is 9.38 Å². The molecule has 0 saturated carbocycles. The van der Waals surface area contributed by atoms with Crippen molar-refractivity contribution in [3.05, 3.63) is 64.6 Å². The predicted molar refractivity (Wildman–Crippen MR) is 101 cm³/mol. The number of benzene rings is 1. The Morgan fingerprint density at radius 2 is 2.08 bits per heavy atom. The lowest BCUT2D eigenvalue weighted by Gasteiger charge is -2.23. The highest BCUT2D eigenvalue weighted by Gasteiger charge is 2.34. The van der Waals surface area contributed by atoms with E-state index in [1.54, 1.807) is 6.20 Å². The summed E-state index contributed by atoms with van der Waals surface area (Å²) >= 11 is 6.18. The van der Waals surface area contributed by atoms with E-state index in [2.05, 4.69) is 24.9 Å². The fourth-order valence-corrected chi connectivity index (χ4v) is 3.85. The summed E-state index contributed by atoms with van der Waals surface area (Å²) in [5, 5.41) is 0.594. The van der Waals surface area contributed by atoms with Crippen LogP contribution in [0.3, 0.4) is 0 Å². The molecule has 128 valence electrons. The Balaban J connectivity index is 1.87. The third kappa shape index (κ3) is 2.61. The molecule has 1 atom stereocenters. The van der Waals surface area contributed by atoms with Crippen molar-refractivity contribution < 1.29 is 4.79 Å². The van der Waals surface area contributed by atoms with E-state index >= 15 is 0 Å². The number of para-hydroxylation sites is 1. The number of rotatable bonds is 3. The Morgan fingerprint density at radius 1 is 1.28 bits per heavy atom. The minimum Gasteiger partial charge on any atom is -0.304 e. The fraction of sp³-hybridized carbons (Fsp3) is 0.300. The molecular weight excluding hydrogens is 334 g/mol. The SMILES string of the molecule is CCCc1nc2ccc(Cl)cn2c1C(=O)N1c2ccccc2CC1C. The van der Waals surface area contributed by atoms with E-state index in [-0.39, 0.29) is 11.9 Å². The van der Waals surface area contributed by atoms with Crippen molar-refractivity contribution in [1.29, 1.82) is 0 Å². The van der Waals surface area contributed by atoms with Crippen LogP contribution in [0.25, 0.3) is 5.65 Å². The Kier molecular flexibility index (Phi) is 4.00. The summed E-state index contributed by atoms with van der Waals surface area (Å²) in [5.74, 6) is -0.00401. The summed E-state index contributed by atoms with van der Waals surface area (Å²) in [5.41, 5.74) is 4.44. The summed E-state index contributed by atoms with van der Waals surface area (Å²) in [7, 11) is 0. The first-order chi connectivity index (χ1) is 12.1. The zero-order chi connectivity index (χ0) is 17.6. The highest BCUT2D eigenvalue weighted by molar-refractivity contribution is 6.30. The average Bonchev–Trinajstić information content (AvgIpc) is 3.10. The number of carbonyl (C=O) groups is 1. The number of anilines is 1. The van der Waals surface area contributed by atoms with Crippen LogP contribution in [0, 0.1) is 0 Å². The average molecular weight is 354 g/mol. The largest absolute Gasteiger partial charge is 0.304 e. The summed E-state index contributed by atoms with van der Waals surface area (Å²) < 4.78 is 1.84. The molecule has 0 saturated heterocycles. The number of carbonyl (C=O) groups excluding carboxylic acids is 1. The molecule has 5 heteroatoms. The molecule has 0 fully saturated rings. The summed E-state index contributed by atoms with van der Waals surface area (Å²) in [6.45, 7) is 4.19. The number of imidazole rings is 1. The van der Waals surface area contributed by atoms with Gasteiger partial charge in [-0.05, 0) is 43.5 Å². The van der Waals surface area contributed by atoms with Gasteiger partial charge in [-0.2, -0.15) is 0 Å². The maximum Gasteiger partial charge on any atom is 0.277 e. The summed E-state index contributed by atoms with van der Waals surface area (Å²) in [6.07, 6.45) is 4.36. The first-order valence-electron chi connectivity index (χ1n) is 8.68. The van der Waals surface area contributed by atoms with Crippen molar-refractivity contribution in [3.63, 3.8) is 0 Å². The Hall–Kier alpha value is -2.33. The maximum atomic E-state index is 13.5. The standard InChI is InChI=1S/C20H20ClN3O/c1-3-6-16-19(23-12-15(21)9-10-18(23)22-16)20(25)24-13(2)11-14-7-4-5-8-17(14)24/h4-5,7-10,12-13H,3,6,11H2,1-2H3. The van der Waals surface area contributed by atoms with E-state index in [9.17, 15) is 4.79 Å². The topological polar surface area (TPSA) is 37.6 Å². The number of nitrogens with zero attached hydrogens (tertiary/aromatic N) is 3. The lowest BCUT2D eigenvalue weighted by molar-refractivity contribution is 0.0975. The first kappa shape index (κ1) is 16.2. The van der Waals surface area contributed by atoms with Gasteiger partial charge in [-0.15, -0.1) is 0 Å². The van der Waals surface area contributed by atoms with Crippen molar-refractivity contribution in [2.24, 2.45) is 0 Å². The van der Waals surface area contributed by atoms with E-state index in [1.807, 2.05) is 39.6 Å². The van der Waals surface area contributed by atoms with Crippen molar-refractivity contribution in [3.8, 4) is 0 Å². The second-order valence-electron chi connectivity index (χ2n) is 6.59. The van der Waals surface area contributed by atoms with Gasteiger partial charge in [0, 0.05) is 17.9 Å². The Morgan fingerprint density at radius 3 is 2.88 bits per heavy atom. The van der Waals surface area contributed by atoms with Crippen LogP contribution in [0.15, 0.2) is 42.6 Å². The van der Waals surface area contributed by atoms with Crippen LogP contribution in [0.5, 0.6) is 0 Å². The van der Waals surface area contributed by atoms with Gasteiger partial charge in [-0.25, -0.2) is 4.98 Å². The molecule has 1 aliphatic rings. The van der Waals surface area contributed by atoms with Gasteiger partial charge in [-0.3, -0.25) is 9.20 Å². The van der Waals surface area contributed by atoms with Gasteiger partial charge in [-0.1, -0.05) is 43.1 Å². The highest BCUT2D eigenvalue weighted by atomic mass is 35.5. The molecule has 0 radical (unpaired) electrons. The van der Waals surface area contributed by atoms with E-state index in [4.69, 9.17) is 11.6 Å². The molecule has 0 N–H and O–H groups in total. The molecule has 0 aliphatic carbocycles. The van der Waals surface area contributed by atoms with Crippen LogP contribution in [0.2, 0.25) is 5.02 Å². The van der Waals surface area contributed by atoms with Crippen LogP contribution in [0.4, 0.5) is 5.69 Å². The highest BCUT2D eigenvalue weighted by Crippen LogP contribution is 2.34. The number of aromatic nitrogens is 2. The molecule has 0 spiro atoms. The van der Waals surface area contributed by atoms with Gasteiger partial charge >= 0.3 is 0 Å². The van der Waals surface area contributed by atoms with Crippen LogP contribution in [-0.4, -0.2) is 21.3 Å². The number of halogens is 1. The smallest absolute Gasteiger partial charge is 0.277 e. The monoisotopic (exact) mass is 353 g/mol. The molecule has 1 amide bonds. The zero-order valence-electron chi connectivity index (χ0n) is 14.4. The van der Waals surface area contributed by atoms with Crippen LogP contribution in [0.1, 0.15) is 42.0 Å². The second-order valence-corrected chi connectivity index (χ2v) is 7.03. The van der Waals surface area contributed by atoms with Gasteiger partial charge in [0.15, 0.2) is 0 Å². The van der Waals surface area contributed by atoms with Gasteiger partial charge in [0.2, 0.25) is 0 Å². The number of fused-ring (bicyclic) bond motifs is 2. The lowest BCUT2D eigenvalue weighted by Crippen LogP contribution is -2.37. The third-order valence-electron chi connectivity index (χ3n) is 4.77. The molecule has 3 aromatic rings. The molecule has 4 rings (SSSR count). The molecular formula is C20H20ClN3O. The Labute approximate surface area is 152 Å². The molecule has 0 bridgehead atoms. The second kappa shape index (κ2) is 6.19. The summed E-state index contributed by atoms with van der Waals surface area (Å²) in [4.78, 5) is 20.1. The predicted octanol–water partition coefficient (Wildman–Crippen LogP) is 4.53. The van der Waals surface area contributed by atoms with Crippen molar-refractivity contribution >= 4 is 28.8 Å². The molecule has 25 heavy (non-hydrogen) atoms. The molecule has 1 aliphatic heterocycles. The zero-order valence-corrected chi connectivity index (χ0v) is 15.1. The lowest BCUT2D eigenvalue weighted by atomic mass is 10.1. The maximum absolute atomic E-state index is 13.5. The number of pyridine rings is 1. The van der Waals surface area contributed by atoms with E-state index in [0.29, 0.717) is 10.7 Å². The van der Waals surface area contributed by atoms with Gasteiger partial charge in [0.05, 0.1) is 10.7 Å². The van der Waals surface area contributed by atoms with E-state index < -0.39 is 0 Å².